The fourth-order valence-corrected chi connectivity index (χ4v) is 6.50. The highest BCUT2D eigenvalue weighted by Gasteiger charge is 2.51. The van der Waals surface area contributed by atoms with Crippen LogP contribution in [0.5, 0.6) is 5.75 Å². The number of para-hydroxylation sites is 2. The molecule has 6 rings (SSSR count). The molecule has 1 atom stereocenters. The summed E-state index contributed by atoms with van der Waals surface area (Å²) in [5.41, 5.74) is 6.81. The SMILES string of the molecule is CCN(CC)c1ccc(C2(c3c(C)n(CCOc4ccccc4)c4ccccc34)OC(=O)c3ccccc32)c(C)c1. The van der Waals surface area contributed by atoms with Crippen LogP contribution in [0.2, 0.25) is 0 Å². The average Bonchev–Trinajstić information content (AvgIpc) is 3.45. The molecule has 1 aliphatic rings. The van der Waals surface area contributed by atoms with Gasteiger partial charge in [0.15, 0.2) is 5.60 Å². The molecule has 1 aliphatic heterocycles. The minimum absolute atomic E-state index is 0.295. The summed E-state index contributed by atoms with van der Waals surface area (Å²) in [7, 11) is 0. The van der Waals surface area contributed by atoms with Gasteiger partial charge in [-0.1, -0.05) is 60.7 Å². The smallest absolute Gasteiger partial charge is 0.340 e. The van der Waals surface area contributed by atoms with Crippen LogP contribution in [-0.2, 0) is 16.9 Å². The van der Waals surface area contributed by atoms with Gasteiger partial charge >= 0.3 is 5.97 Å². The van der Waals surface area contributed by atoms with Crippen LogP contribution in [-0.4, -0.2) is 30.2 Å². The summed E-state index contributed by atoms with van der Waals surface area (Å²) >= 11 is 0. The van der Waals surface area contributed by atoms with Crippen LogP contribution < -0.4 is 9.64 Å². The van der Waals surface area contributed by atoms with Crippen LogP contribution in [0.15, 0.2) is 97.1 Å². The number of carbonyl (C=O) groups excluding carboxylic acids is 1. The number of anilines is 1. The molecule has 0 bridgehead atoms. The molecule has 5 nitrogen and oxygen atoms in total. The molecule has 0 radical (unpaired) electrons. The van der Waals surface area contributed by atoms with E-state index in [1.807, 2.05) is 54.6 Å². The minimum Gasteiger partial charge on any atom is -0.492 e. The lowest BCUT2D eigenvalue weighted by molar-refractivity contribution is 0.0252. The molecule has 1 unspecified atom stereocenters. The van der Waals surface area contributed by atoms with Crippen LogP contribution in [0.3, 0.4) is 0 Å². The maximum Gasteiger partial charge on any atom is 0.340 e. The Morgan fingerprint density at radius 3 is 2.29 bits per heavy atom. The van der Waals surface area contributed by atoms with Gasteiger partial charge in [-0.2, -0.15) is 0 Å². The molecule has 0 spiro atoms. The Balaban J connectivity index is 1.55. The van der Waals surface area contributed by atoms with Crippen LogP contribution in [0.25, 0.3) is 10.9 Å². The lowest BCUT2D eigenvalue weighted by atomic mass is 9.77. The van der Waals surface area contributed by atoms with Crippen LogP contribution in [0.1, 0.15) is 52.2 Å². The highest BCUT2D eigenvalue weighted by atomic mass is 16.6. The molecule has 0 fully saturated rings. The van der Waals surface area contributed by atoms with E-state index in [-0.39, 0.29) is 5.97 Å². The maximum absolute atomic E-state index is 13.5. The van der Waals surface area contributed by atoms with Crippen molar-refractivity contribution in [2.45, 2.75) is 39.8 Å². The third kappa shape index (κ3) is 4.37. The number of carbonyl (C=O) groups is 1. The lowest BCUT2D eigenvalue weighted by Crippen LogP contribution is -2.32. The van der Waals surface area contributed by atoms with Crippen molar-refractivity contribution in [1.82, 2.24) is 4.57 Å². The van der Waals surface area contributed by atoms with E-state index in [2.05, 4.69) is 79.6 Å². The normalized spacial score (nSPS) is 16.0. The second kappa shape index (κ2) is 10.8. The Kier molecular flexibility index (Phi) is 7.04. The first-order valence-electron chi connectivity index (χ1n) is 14.4. The second-order valence-corrected chi connectivity index (χ2v) is 10.6. The third-order valence-corrected chi connectivity index (χ3v) is 8.40. The Bertz CT molecular complexity index is 1720. The first-order valence-corrected chi connectivity index (χ1v) is 14.4. The molecule has 0 saturated carbocycles. The molecule has 0 N–H and O–H groups in total. The number of rotatable bonds is 9. The molecule has 0 saturated heterocycles. The molecule has 0 aliphatic carbocycles. The van der Waals surface area contributed by atoms with Crippen LogP contribution in [0.4, 0.5) is 5.69 Å². The summed E-state index contributed by atoms with van der Waals surface area (Å²) in [6.07, 6.45) is 0. The highest BCUT2D eigenvalue weighted by Crippen LogP contribution is 2.52. The molecule has 0 amide bonds. The van der Waals surface area contributed by atoms with Gasteiger partial charge in [0.1, 0.15) is 12.4 Å². The quantitative estimate of drug-likeness (QED) is 0.179. The molecule has 1 aromatic heterocycles. The van der Waals surface area contributed by atoms with Crippen molar-refractivity contribution in [2.75, 3.05) is 24.6 Å². The zero-order valence-corrected chi connectivity index (χ0v) is 24.2. The highest BCUT2D eigenvalue weighted by molar-refractivity contribution is 5.99. The number of fused-ring (bicyclic) bond motifs is 2. The van der Waals surface area contributed by atoms with Gasteiger partial charge in [-0.3, -0.25) is 0 Å². The average molecular weight is 545 g/mol. The first-order chi connectivity index (χ1) is 20.0. The van der Waals surface area contributed by atoms with Gasteiger partial charge in [-0.25, -0.2) is 4.79 Å². The Labute approximate surface area is 241 Å². The van der Waals surface area contributed by atoms with Gasteiger partial charge in [-0.15, -0.1) is 0 Å². The summed E-state index contributed by atoms with van der Waals surface area (Å²) < 4.78 is 15.0. The summed E-state index contributed by atoms with van der Waals surface area (Å²) in [6.45, 7) is 11.6. The number of nitrogens with zero attached hydrogens (tertiary/aromatic N) is 2. The number of cyclic esters (lactones) is 1. The van der Waals surface area contributed by atoms with Gasteiger partial charge in [0.05, 0.1) is 12.1 Å². The maximum atomic E-state index is 13.5. The summed E-state index contributed by atoms with van der Waals surface area (Å²) in [6, 6.07) is 32.7. The van der Waals surface area contributed by atoms with E-state index in [0.29, 0.717) is 18.7 Å². The summed E-state index contributed by atoms with van der Waals surface area (Å²) in [5.74, 6) is 0.553. The number of ether oxygens (including phenoxy) is 2. The van der Waals surface area contributed by atoms with Gasteiger partial charge in [-0.05, 0) is 69.7 Å². The molecule has 4 aromatic carbocycles. The topological polar surface area (TPSA) is 43.7 Å². The number of aryl methyl sites for hydroxylation is 1. The van der Waals surface area contributed by atoms with E-state index in [4.69, 9.17) is 9.47 Å². The Morgan fingerprint density at radius 2 is 1.54 bits per heavy atom. The van der Waals surface area contributed by atoms with Gasteiger partial charge < -0.3 is 18.9 Å². The standard InChI is InChI=1S/C36H36N2O3/c1-5-37(6-2)27-20-21-31(25(3)24-27)36(32-18-12-10-16-29(32)35(39)41-36)34-26(4)38(33-19-13-11-17-30(33)34)22-23-40-28-14-8-7-9-15-28/h7-21,24H,5-6,22-23H2,1-4H3. The van der Waals surface area contributed by atoms with Gasteiger partial charge in [0.2, 0.25) is 0 Å². The van der Waals surface area contributed by atoms with Crippen LogP contribution >= 0.6 is 0 Å². The molecule has 2 heterocycles. The van der Waals surface area contributed by atoms with Crippen molar-refractivity contribution in [3.8, 4) is 5.75 Å². The van der Waals surface area contributed by atoms with Gasteiger partial charge in [0.25, 0.3) is 0 Å². The van der Waals surface area contributed by atoms with E-state index in [1.165, 1.54) is 5.69 Å². The van der Waals surface area contributed by atoms with Crippen molar-refractivity contribution >= 4 is 22.6 Å². The zero-order valence-electron chi connectivity index (χ0n) is 24.2. The van der Waals surface area contributed by atoms with Crippen molar-refractivity contribution in [3.63, 3.8) is 0 Å². The van der Waals surface area contributed by atoms with Crippen molar-refractivity contribution in [1.29, 1.82) is 0 Å². The van der Waals surface area contributed by atoms with E-state index < -0.39 is 5.60 Å². The van der Waals surface area contributed by atoms with E-state index in [0.717, 1.165) is 57.7 Å². The number of hydrogen-bond acceptors (Lipinski definition) is 4. The third-order valence-electron chi connectivity index (χ3n) is 8.40. The largest absolute Gasteiger partial charge is 0.492 e. The molecule has 208 valence electrons. The number of esters is 1. The summed E-state index contributed by atoms with van der Waals surface area (Å²) in [5, 5.41) is 1.07. The van der Waals surface area contributed by atoms with E-state index in [9.17, 15) is 4.79 Å². The van der Waals surface area contributed by atoms with Crippen molar-refractivity contribution < 1.29 is 14.3 Å². The molecular formula is C36H36N2O3. The lowest BCUT2D eigenvalue weighted by Gasteiger charge is -2.33. The van der Waals surface area contributed by atoms with Crippen molar-refractivity contribution in [3.05, 3.63) is 131 Å². The number of benzene rings is 4. The van der Waals surface area contributed by atoms with Crippen LogP contribution in [0, 0.1) is 13.8 Å². The number of aromatic nitrogens is 1. The van der Waals surface area contributed by atoms with Crippen molar-refractivity contribution in [2.24, 2.45) is 0 Å². The first kappa shape index (κ1) is 26.7. The molecular weight excluding hydrogens is 508 g/mol. The molecule has 5 aromatic rings. The Hall–Kier alpha value is -4.51. The zero-order chi connectivity index (χ0) is 28.6. The number of hydrogen-bond donors (Lipinski definition) is 0. The van der Waals surface area contributed by atoms with E-state index >= 15 is 0 Å². The van der Waals surface area contributed by atoms with Gasteiger partial charge in [0, 0.05) is 52.1 Å². The molecule has 41 heavy (non-hydrogen) atoms. The minimum atomic E-state index is -1.07. The Morgan fingerprint density at radius 1 is 0.829 bits per heavy atom. The van der Waals surface area contributed by atoms with E-state index in [1.54, 1.807) is 0 Å². The summed E-state index contributed by atoms with van der Waals surface area (Å²) in [4.78, 5) is 15.9. The predicted octanol–water partition coefficient (Wildman–Crippen LogP) is 7.65. The monoisotopic (exact) mass is 544 g/mol. The molecule has 5 heteroatoms. The second-order valence-electron chi connectivity index (χ2n) is 10.6. The predicted molar refractivity (Wildman–Crippen MR) is 165 cm³/mol. The fourth-order valence-electron chi connectivity index (χ4n) is 6.50. The fraction of sp³-hybridized carbons (Fsp3) is 0.250.